The number of amides is 1. The highest BCUT2D eigenvalue weighted by molar-refractivity contribution is 5.91. The van der Waals surface area contributed by atoms with Crippen LogP contribution < -0.4 is 0 Å². The molecule has 2 bridgehead atoms. The minimum Gasteiger partial charge on any atom is -0.452 e. The van der Waals surface area contributed by atoms with Crippen molar-refractivity contribution in [2.75, 3.05) is 13.2 Å². The molecule has 5 heteroatoms. The standard InChI is InChI=1S/C20H24N2O3/c1-19(2)8-16-9-20(3,12-19)13-22(16)17(23)11-25-18(24)15-6-4-14(10-21)5-7-15/h4-7,16H,8-9,11-13H2,1-3H3. The molecule has 0 spiro atoms. The van der Waals surface area contributed by atoms with E-state index in [4.69, 9.17) is 10.00 Å². The Labute approximate surface area is 148 Å². The Kier molecular flexibility index (Phi) is 4.32. The normalized spacial score (nSPS) is 26.8. The number of ether oxygens (including phenoxy) is 1. The molecule has 2 unspecified atom stereocenters. The summed E-state index contributed by atoms with van der Waals surface area (Å²) in [5.74, 6) is -0.653. The lowest BCUT2D eigenvalue weighted by Crippen LogP contribution is -2.39. The van der Waals surface area contributed by atoms with Crippen LogP contribution in [0.2, 0.25) is 0 Å². The highest BCUT2D eigenvalue weighted by atomic mass is 16.5. The van der Waals surface area contributed by atoms with Crippen molar-refractivity contribution in [3.8, 4) is 6.07 Å². The average molecular weight is 340 g/mol. The van der Waals surface area contributed by atoms with E-state index in [-0.39, 0.29) is 29.4 Å². The Hall–Kier alpha value is -2.35. The first-order valence-corrected chi connectivity index (χ1v) is 8.68. The highest BCUT2D eigenvalue weighted by Crippen LogP contribution is 2.52. The summed E-state index contributed by atoms with van der Waals surface area (Å²) in [5, 5.41) is 8.78. The van der Waals surface area contributed by atoms with E-state index in [1.54, 1.807) is 12.1 Å². The van der Waals surface area contributed by atoms with Gasteiger partial charge in [-0.05, 0) is 54.4 Å². The predicted octanol–water partition coefficient (Wildman–Crippen LogP) is 3.14. The zero-order valence-electron chi connectivity index (χ0n) is 15.0. The van der Waals surface area contributed by atoms with E-state index < -0.39 is 5.97 Å². The third kappa shape index (κ3) is 3.68. The van der Waals surface area contributed by atoms with Crippen molar-refractivity contribution in [2.24, 2.45) is 10.8 Å². The minimum atomic E-state index is -0.536. The predicted molar refractivity (Wildman–Crippen MR) is 92.7 cm³/mol. The van der Waals surface area contributed by atoms with Gasteiger partial charge < -0.3 is 9.64 Å². The number of nitriles is 1. The maximum Gasteiger partial charge on any atom is 0.338 e. The zero-order valence-corrected chi connectivity index (χ0v) is 15.0. The van der Waals surface area contributed by atoms with Crippen molar-refractivity contribution >= 4 is 11.9 Å². The van der Waals surface area contributed by atoms with Crippen LogP contribution in [0, 0.1) is 22.2 Å². The monoisotopic (exact) mass is 340 g/mol. The average Bonchev–Trinajstić information content (AvgIpc) is 2.81. The Morgan fingerprint density at radius 2 is 1.92 bits per heavy atom. The Morgan fingerprint density at radius 1 is 1.24 bits per heavy atom. The summed E-state index contributed by atoms with van der Waals surface area (Å²) in [6.45, 7) is 7.28. The summed E-state index contributed by atoms with van der Waals surface area (Å²) in [5.41, 5.74) is 1.23. The summed E-state index contributed by atoms with van der Waals surface area (Å²) in [6, 6.07) is 8.44. The fourth-order valence-electron chi connectivity index (χ4n) is 4.73. The second-order valence-electron chi connectivity index (χ2n) is 8.50. The molecule has 1 saturated carbocycles. The first-order valence-electron chi connectivity index (χ1n) is 8.68. The minimum absolute atomic E-state index is 0.117. The molecule has 2 aliphatic rings. The van der Waals surface area contributed by atoms with Gasteiger partial charge in [-0.3, -0.25) is 4.79 Å². The SMILES string of the molecule is CC1(C)CC2CC(C)(CN2C(=O)COC(=O)c2ccc(C#N)cc2)C1. The molecule has 1 saturated heterocycles. The number of benzene rings is 1. The number of likely N-dealkylation sites (tertiary alicyclic amines) is 1. The Balaban J connectivity index is 1.59. The third-order valence-corrected chi connectivity index (χ3v) is 5.31. The third-order valence-electron chi connectivity index (χ3n) is 5.31. The van der Waals surface area contributed by atoms with Gasteiger partial charge in [-0.1, -0.05) is 20.8 Å². The first-order chi connectivity index (χ1) is 11.7. The van der Waals surface area contributed by atoms with Gasteiger partial charge in [0, 0.05) is 12.6 Å². The van der Waals surface area contributed by atoms with Crippen molar-refractivity contribution in [2.45, 2.75) is 46.1 Å². The summed E-state index contributed by atoms with van der Waals surface area (Å²) in [7, 11) is 0. The molecular weight excluding hydrogens is 316 g/mol. The number of carbonyl (C=O) groups is 2. The number of carbonyl (C=O) groups excluding carboxylic acids is 2. The Bertz CT molecular complexity index is 732. The van der Waals surface area contributed by atoms with Crippen molar-refractivity contribution in [3.05, 3.63) is 35.4 Å². The highest BCUT2D eigenvalue weighted by Gasteiger charge is 2.50. The van der Waals surface area contributed by atoms with Crippen LogP contribution in [-0.4, -0.2) is 36.0 Å². The summed E-state index contributed by atoms with van der Waals surface area (Å²) in [4.78, 5) is 26.6. The maximum atomic E-state index is 12.6. The molecule has 0 N–H and O–H groups in total. The van der Waals surface area contributed by atoms with Gasteiger partial charge in [-0.25, -0.2) is 4.79 Å². The van der Waals surface area contributed by atoms with Crippen molar-refractivity contribution in [1.82, 2.24) is 4.90 Å². The molecule has 1 aliphatic carbocycles. The van der Waals surface area contributed by atoms with Gasteiger partial charge in [0.1, 0.15) is 0 Å². The van der Waals surface area contributed by atoms with Crippen LogP contribution in [0.3, 0.4) is 0 Å². The van der Waals surface area contributed by atoms with Gasteiger partial charge >= 0.3 is 5.97 Å². The number of hydrogen-bond donors (Lipinski definition) is 0. The van der Waals surface area contributed by atoms with E-state index >= 15 is 0 Å². The molecule has 1 aromatic carbocycles. The van der Waals surface area contributed by atoms with Crippen LogP contribution in [0.4, 0.5) is 0 Å². The smallest absolute Gasteiger partial charge is 0.338 e. The molecule has 3 rings (SSSR count). The lowest BCUT2D eigenvalue weighted by molar-refractivity contribution is -0.135. The fraction of sp³-hybridized carbons (Fsp3) is 0.550. The maximum absolute atomic E-state index is 12.6. The van der Waals surface area contributed by atoms with Crippen molar-refractivity contribution in [1.29, 1.82) is 5.26 Å². The molecule has 1 aliphatic heterocycles. The summed E-state index contributed by atoms with van der Waals surface area (Å²) in [6.07, 6.45) is 3.15. The molecule has 2 fully saturated rings. The summed E-state index contributed by atoms with van der Waals surface area (Å²) >= 11 is 0. The Morgan fingerprint density at radius 3 is 2.56 bits per heavy atom. The number of hydrogen-bond acceptors (Lipinski definition) is 4. The molecule has 2 atom stereocenters. The molecule has 0 aromatic heterocycles. The summed E-state index contributed by atoms with van der Waals surface area (Å²) < 4.78 is 5.20. The van der Waals surface area contributed by atoms with Gasteiger partial charge in [0.25, 0.3) is 5.91 Å². The molecule has 1 heterocycles. The van der Waals surface area contributed by atoms with Crippen LogP contribution in [0.5, 0.6) is 0 Å². The van der Waals surface area contributed by atoms with E-state index in [0.717, 1.165) is 25.8 Å². The first kappa shape index (κ1) is 17.5. The lowest BCUT2D eigenvalue weighted by atomic mass is 9.65. The van der Waals surface area contributed by atoms with Gasteiger partial charge in [0.05, 0.1) is 17.2 Å². The molecule has 5 nitrogen and oxygen atoms in total. The number of esters is 1. The van der Waals surface area contributed by atoms with E-state index in [0.29, 0.717) is 11.1 Å². The van der Waals surface area contributed by atoms with Gasteiger partial charge in [-0.15, -0.1) is 0 Å². The van der Waals surface area contributed by atoms with Gasteiger partial charge in [-0.2, -0.15) is 5.26 Å². The zero-order chi connectivity index (χ0) is 18.2. The van der Waals surface area contributed by atoms with E-state index in [1.165, 1.54) is 12.1 Å². The second kappa shape index (κ2) is 6.18. The van der Waals surface area contributed by atoms with Crippen molar-refractivity contribution < 1.29 is 14.3 Å². The van der Waals surface area contributed by atoms with Crippen LogP contribution in [0.1, 0.15) is 56.0 Å². The van der Waals surface area contributed by atoms with Crippen LogP contribution in [-0.2, 0) is 9.53 Å². The molecular formula is C20H24N2O3. The molecule has 25 heavy (non-hydrogen) atoms. The number of fused-ring (bicyclic) bond motifs is 2. The van der Waals surface area contributed by atoms with Gasteiger partial charge in [0.15, 0.2) is 6.61 Å². The molecule has 1 aromatic rings. The van der Waals surface area contributed by atoms with Crippen LogP contribution in [0.25, 0.3) is 0 Å². The lowest BCUT2D eigenvalue weighted by Gasteiger charge is -2.39. The second-order valence-corrected chi connectivity index (χ2v) is 8.50. The van der Waals surface area contributed by atoms with E-state index in [1.807, 2.05) is 11.0 Å². The number of rotatable bonds is 3. The largest absolute Gasteiger partial charge is 0.452 e. The number of nitrogens with zero attached hydrogens (tertiary/aromatic N) is 2. The quantitative estimate of drug-likeness (QED) is 0.793. The van der Waals surface area contributed by atoms with Crippen LogP contribution in [0.15, 0.2) is 24.3 Å². The molecule has 0 radical (unpaired) electrons. The molecule has 1 amide bonds. The van der Waals surface area contributed by atoms with Crippen molar-refractivity contribution in [3.63, 3.8) is 0 Å². The van der Waals surface area contributed by atoms with E-state index in [9.17, 15) is 9.59 Å². The van der Waals surface area contributed by atoms with Gasteiger partial charge in [0.2, 0.25) is 0 Å². The van der Waals surface area contributed by atoms with Crippen LogP contribution >= 0.6 is 0 Å². The topological polar surface area (TPSA) is 70.4 Å². The fourth-order valence-corrected chi connectivity index (χ4v) is 4.73. The molecule has 132 valence electrons. The van der Waals surface area contributed by atoms with E-state index in [2.05, 4.69) is 20.8 Å².